The zero-order valence-corrected chi connectivity index (χ0v) is 31.7. The minimum Gasteiger partial charge on any atom is -0.449 e. The van der Waals surface area contributed by atoms with Gasteiger partial charge in [0.15, 0.2) is 23.0 Å². The highest BCUT2D eigenvalue weighted by Gasteiger charge is 2.53. The van der Waals surface area contributed by atoms with Crippen molar-refractivity contribution < 1.29 is 9.47 Å². The van der Waals surface area contributed by atoms with Gasteiger partial charge in [-0.3, -0.25) is 0 Å². The molecule has 0 aromatic heterocycles. The van der Waals surface area contributed by atoms with Gasteiger partial charge in [0.05, 0.1) is 22.5 Å². The fourth-order valence-electron chi connectivity index (χ4n) is 10.0. The molecule has 8 aromatic carbocycles. The Hall–Kier alpha value is -7.36. The number of anilines is 3. The van der Waals surface area contributed by atoms with Crippen molar-refractivity contribution in [2.24, 2.45) is 0 Å². The lowest BCUT2D eigenvalue weighted by Crippen LogP contribution is -2.25. The van der Waals surface area contributed by atoms with Crippen molar-refractivity contribution in [1.82, 2.24) is 0 Å². The summed E-state index contributed by atoms with van der Waals surface area (Å²) in [6.45, 7) is 0. The number of rotatable bonds is 5. The first-order chi connectivity index (χ1) is 28.8. The predicted molar refractivity (Wildman–Crippen MR) is 236 cm³/mol. The Balaban J connectivity index is 1.02. The molecule has 274 valence electrons. The fraction of sp³-hybridized carbons (Fsp3) is 0.0545. The molecule has 0 saturated heterocycles. The zero-order chi connectivity index (χ0) is 38.2. The van der Waals surface area contributed by atoms with Crippen LogP contribution in [0, 0.1) is 0 Å². The first-order valence-corrected chi connectivity index (χ1v) is 20.2. The van der Waals surface area contributed by atoms with Gasteiger partial charge in [-0.25, -0.2) is 0 Å². The van der Waals surface area contributed by atoms with Crippen LogP contribution in [0.3, 0.4) is 0 Å². The van der Waals surface area contributed by atoms with Gasteiger partial charge in [-0.05, 0) is 93.3 Å². The van der Waals surface area contributed by atoms with Gasteiger partial charge in [-0.2, -0.15) is 0 Å². The second kappa shape index (κ2) is 12.8. The number of para-hydroxylation sites is 2. The number of nitrogens with zero attached hydrogens (tertiary/aromatic N) is 1. The second-order valence-electron chi connectivity index (χ2n) is 15.4. The van der Waals surface area contributed by atoms with Crippen LogP contribution in [0.25, 0.3) is 39.0 Å². The van der Waals surface area contributed by atoms with Crippen molar-refractivity contribution in [2.75, 3.05) is 4.90 Å². The molecule has 0 unspecified atom stereocenters. The molecular formula is C55H37NO2. The van der Waals surface area contributed by atoms with Crippen LogP contribution >= 0.6 is 0 Å². The van der Waals surface area contributed by atoms with Crippen molar-refractivity contribution in [3.63, 3.8) is 0 Å². The second-order valence-corrected chi connectivity index (χ2v) is 15.4. The molecular weight excluding hydrogens is 707 g/mol. The first-order valence-electron chi connectivity index (χ1n) is 20.2. The molecule has 1 heterocycles. The number of allylic oxidation sites excluding steroid dienone is 4. The van der Waals surface area contributed by atoms with E-state index in [0.29, 0.717) is 17.2 Å². The maximum Gasteiger partial charge on any atom is 0.178 e. The summed E-state index contributed by atoms with van der Waals surface area (Å²) in [4.78, 5) is 2.37. The Morgan fingerprint density at radius 3 is 1.72 bits per heavy atom. The lowest BCUT2D eigenvalue weighted by atomic mass is 9.70. The molecule has 3 heteroatoms. The standard InChI is InChI=1S/C55H37NO2/c1-3-17-36(18-4-1)39-21-10-15-29-48(39)56(49-30-16-11-22-40(49)37-19-5-2-6-20-37)38-31-33-50-52(35-38)57-51-34-32-47-53(54(51)58-50)43-25-9-14-28-46(43)55(47)44-26-12-7-23-41(44)42-24-8-13-27-45(42)55/h1,3-5,7-35H,2,6H2. The smallest absolute Gasteiger partial charge is 0.178 e. The van der Waals surface area contributed by atoms with E-state index < -0.39 is 5.41 Å². The molecule has 8 aromatic rings. The molecule has 0 amide bonds. The number of hydrogen-bond donors (Lipinski definition) is 0. The zero-order valence-electron chi connectivity index (χ0n) is 31.7. The Bertz CT molecular complexity index is 2980. The Kier molecular flexibility index (Phi) is 7.27. The van der Waals surface area contributed by atoms with Gasteiger partial charge in [-0.1, -0.05) is 164 Å². The van der Waals surface area contributed by atoms with E-state index in [4.69, 9.17) is 9.47 Å². The number of ether oxygens (including phenoxy) is 2. The summed E-state index contributed by atoms with van der Waals surface area (Å²) in [6, 6.07) is 65.4. The summed E-state index contributed by atoms with van der Waals surface area (Å²) in [7, 11) is 0. The van der Waals surface area contributed by atoms with E-state index in [1.807, 2.05) is 0 Å². The largest absolute Gasteiger partial charge is 0.449 e. The van der Waals surface area contributed by atoms with Gasteiger partial charge in [0, 0.05) is 22.8 Å². The van der Waals surface area contributed by atoms with E-state index in [9.17, 15) is 0 Å². The van der Waals surface area contributed by atoms with E-state index in [1.165, 1.54) is 50.1 Å². The molecule has 0 N–H and O–H groups in total. The van der Waals surface area contributed by atoms with E-state index in [2.05, 4.69) is 205 Å². The number of hydrogen-bond acceptors (Lipinski definition) is 3. The molecule has 3 nitrogen and oxygen atoms in total. The van der Waals surface area contributed by atoms with Crippen molar-refractivity contribution in [3.8, 4) is 56.4 Å². The van der Waals surface area contributed by atoms with Gasteiger partial charge in [0.2, 0.25) is 0 Å². The Morgan fingerprint density at radius 1 is 0.431 bits per heavy atom. The maximum atomic E-state index is 7.05. The van der Waals surface area contributed by atoms with Crippen molar-refractivity contribution in [3.05, 3.63) is 228 Å². The molecule has 1 spiro atoms. The molecule has 12 rings (SSSR count). The van der Waals surface area contributed by atoms with Crippen LogP contribution < -0.4 is 14.4 Å². The average molecular weight is 744 g/mol. The van der Waals surface area contributed by atoms with Crippen molar-refractivity contribution >= 4 is 22.6 Å². The van der Waals surface area contributed by atoms with Crippen LogP contribution in [-0.4, -0.2) is 0 Å². The minimum atomic E-state index is -0.454. The Morgan fingerprint density at radius 2 is 1.02 bits per heavy atom. The SMILES string of the molecule is C1=CC(c2ccccc2N(c2ccc3c(c2)Oc2ccc4c(c2O3)-c2ccccc2C42c3ccccc3-c3ccccc32)c2ccccc2-c2ccccc2)=CCC1. The Labute approximate surface area is 338 Å². The van der Waals surface area contributed by atoms with Gasteiger partial charge >= 0.3 is 0 Å². The summed E-state index contributed by atoms with van der Waals surface area (Å²) < 4.78 is 14.0. The highest BCUT2D eigenvalue weighted by molar-refractivity contribution is 5.98. The van der Waals surface area contributed by atoms with Gasteiger partial charge < -0.3 is 14.4 Å². The number of benzene rings is 8. The van der Waals surface area contributed by atoms with Gasteiger partial charge in [0.25, 0.3) is 0 Å². The van der Waals surface area contributed by atoms with Crippen molar-refractivity contribution in [2.45, 2.75) is 18.3 Å². The van der Waals surface area contributed by atoms with E-state index in [0.717, 1.165) is 52.3 Å². The molecule has 1 aliphatic heterocycles. The van der Waals surface area contributed by atoms with Crippen LogP contribution in [0.15, 0.2) is 200 Å². The topological polar surface area (TPSA) is 21.7 Å². The lowest BCUT2D eigenvalue weighted by molar-refractivity contribution is 0.360. The van der Waals surface area contributed by atoms with E-state index in [1.54, 1.807) is 0 Å². The third kappa shape index (κ3) is 4.68. The molecule has 0 radical (unpaired) electrons. The molecule has 0 fully saturated rings. The summed E-state index contributed by atoms with van der Waals surface area (Å²) in [6.07, 6.45) is 8.97. The molecule has 0 atom stereocenters. The van der Waals surface area contributed by atoms with Crippen LogP contribution in [-0.2, 0) is 5.41 Å². The molecule has 58 heavy (non-hydrogen) atoms. The molecule has 0 bridgehead atoms. The van der Waals surface area contributed by atoms with Crippen LogP contribution in [0.2, 0.25) is 0 Å². The summed E-state index contributed by atoms with van der Waals surface area (Å²) in [5.74, 6) is 2.84. The molecule has 0 saturated carbocycles. The summed E-state index contributed by atoms with van der Waals surface area (Å²) in [5, 5.41) is 0. The summed E-state index contributed by atoms with van der Waals surface area (Å²) in [5.41, 5.74) is 17.3. The first kappa shape index (κ1) is 32.8. The van der Waals surface area contributed by atoms with E-state index >= 15 is 0 Å². The third-order valence-electron chi connectivity index (χ3n) is 12.4. The molecule has 3 aliphatic carbocycles. The van der Waals surface area contributed by atoms with Crippen LogP contribution in [0.1, 0.15) is 40.7 Å². The van der Waals surface area contributed by atoms with Gasteiger partial charge in [0.1, 0.15) is 0 Å². The third-order valence-corrected chi connectivity index (χ3v) is 12.4. The van der Waals surface area contributed by atoms with Gasteiger partial charge in [-0.15, -0.1) is 0 Å². The van der Waals surface area contributed by atoms with Crippen LogP contribution in [0.4, 0.5) is 17.1 Å². The maximum absolute atomic E-state index is 7.05. The highest BCUT2D eigenvalue weighted by atomic mass is 16.6. The highest BCUT2D eigenvalue weighted by Crippen LogP contribution is 2.66. The summed E-state index contributed by atoms with van der Waals surface area (Å²) >= 11 is 0. The van der Waals surface area contributed by atoms with E-state index in [-0.39, 0.29) is 0 Å². The monoisotopic (exact) mass is 743 g/mol. The van der Waals surface area contributed by atoms with Crippen LogP contribution in [0.5, 0.6) is 23.0 Å². The molecule has 4 aliphatic rings. The average Bonchev–Trinajstić information content (AvgIpc) is 3.77. The quantitative estimate of drug-likeness (QED) is 0.175. The fourth-order valence-corrected chi connectivity index (χ4v) is 10.0. The minimum absolute atomic E-state index is 0.454. The van der Waals surface area contributed by atoms with Crippen molar-refractivity contribution in [1.29, 1.82) is 0 Å². The number of fused-ring (bicyclic) bond motifs is 13. The predicted octanol–water partition coefficient (Wildman–Crippen LogP) is 14.8. The normalized spacial score (nSPS) is 14.5. The lowest BCUT2D eigenvalue weighted by Gasteiger charge is -2.32.